The maximum atomic E-state index is 13.3. The van der Waals surface area contributed by atoms with Crippen molar-refractivity contribution in [2.75, 3.05) is 40.4 Å². The molecule has 1 aromatic heterocycles. The molecule has 2 amide bonds. The Labute approximate surface area is 216 Å². The van der Waals surface area contributed by atoms with Gasteiger partial charge in [-0.1, -0.05) is 12.2 Å². The van der Waals surface area contributed by atoms with Gasteiger partial charge in [-0.15, -0.1) is 0 Å². The van der Waals surface area contributed by atoms with Crippen LogP contribution in [-0.2, 0) is 11.2 Å². The van der Waals surface area contributed by atoms with E-state index in [1.165, 1.54) is 0 Å². The molecule has 9 nitrogen and oxygen atoms in total. The molecule has 9 heteroatoms. The lowest BCUT2D eigenvalue weighted by molar-refractivity contribution is -0.189. The lowest BCUT2D eigenvalue weighted by Crippen LogP contribution is -2.78. The van der Waals surface area contributed by atoms with E-state index in [1.54, 1.807) is 14.2 Å². The van der Waals surface area contributed by atoms with E-state index in [9.17, 15) is 9.59 Å². The molecule has 3 aliphatic carbocycles. The normalized spacial score (nSPS) is 28.3. The Morgan fingerprint density at radius 3 is 2.54 bits per heavy atom. The molecule has 194 valence electrons. The van der Waals surface area contributed by atoms with E-state index in [1.807, 2.05) is 46.0 Å². The summed E-state index contributed by atoms with van der Waals surface area (Å²) in [5.74, 6) is 1.36. The van der Waals surface area contributed by atoms with Crippen molar-refractivity contribution in [3.63, 3.8) is 0 Å². The highest BCUT2D eigenvalue weighted by atomic mass is 16.5. The van der Waals surface area contributed by atoms with Gasteiger partial charge in [0.05, 0.1) is 25.3 Å². The predicted octanol–water partition coefficient (Wildman–Crippen LogP) is 2.38. The number of nitrogens with zero attached hydrogens (tertiary/aromatic N) is 3. The van der Waals surface area contributed by atoms with Crippen LogP contribution in [0.1, 0.15) is 47.4 Å². The third-order valence-electron chi connectivity index (χ3n) is 8.15. The summed E-state index contributed by atoms with van der Waals surface area (Å²) >= 11 is 0. The quantitative estimate of drug-likeness (QED) is 0.628. The van der Waals surface area contributed by atoms with Crippen LogP contribution in [0.2, 0.25) is 0 Å². The number of aromatic nitrogens is 2. The minimum atomic E-state index is -0.276. The average molecular weight is 504 g/mol. The van der Waals surface area contributed by atoms with E-state index in [0.29, 0.717) is 17.2 Å². The zero-order chi connectivity index (χ0) is 25.6. The van der Waals surface area contributed by atoms with Gasteiger partial charge >= 0.3 is 0 Å². The minimum absolute atomic E-state index is 0.179. The number of nitrogens with one attached hydrogen (secondary N) is 2. The van der Waals surface area contributed by atoms with Gasteiger partial charge in [-0.25, -0.2) is 4.68 Å². The number of carbonyl (C=O) groups excluding carboxylic acids is 2. The molecule has 2 aliphatic heterocycles. The number of benzene rings is 1. The van der Waals surface area contributed by atoms with Crippen molar-refractivity contribution in [3.05, 3.63) is 59.4 Å². The van der Waals surface area contributed by atoms with Gasteiger partial charge in [0.1, 0.15) is 0 Å². The molecule has 1 saturated heterocycles. The van der Waals surface area contributed by atoms with Crippen molar-refractivity contribution in [1.82, 2.24) is 25.3 Å². The highest BCUT2D eigenvalue weighted by Crippen LogP contribution is 2.68. The predicted molar refractivity (Wildman–Crippen MR) is 139 cm³/mol. The van der Waals surface area contributed by atoms with E-state index >= 15 is 0 Å². The molecule has 0 spiro atoms. The van der Waals surface area contributed by atoms with Crippen LogP contribution in [0.4, 0.5) is 0 Å². The Morgan fingerprint density at radius 2 is 1.81 bits per heavy atom. The lowest BCUT2D eigenvalue weighted by atomic mass is 9.39. The summed E-state index contributed by atoms with van der Waals surface area (Å²) in [7, 11) is 3.22. The van der Waals surface area contributed by atoms with Gasteiger partial charge in [0.15, 0.2) is 17.2 Å². The minimum Gasteiger partial charge on any atom is -0.493 e. The first kappa shape index (κ1) is 23.8. The number of amides is 2. The fourth-order valence-electron chi connectivity index (χ4n) is 6.34. The Bertz CT molecular complexity index is 1280. The first-order valence-electron chi connectivity index (χ1n) is 13.0. The third kappa shape index (κ3) is 4.01. The van der Waals surface area contributed by atoms with Crippen LogP contribution in [-0.4, -0.2) is 72.4 Å². The zero-order valence-electron chi connectivity index (χ0n) is 21.4. The molecule has 37 heavy (non-hydrogen) atoms. The Balaban J connectivity index is 1.19. The van der Waals surface area contributed by atoms with Gasteiger partial charge in [-0.05, 0) is 62.4 Å². The average Bonchev–Trinajstić information content (AvgIpc) is 3.28. The van der Waals surface area contributed by atoms with Crippen molar-refractivity contribution in [2.45, 2.75) is 37.6 Å². The third-order valence-corrected chi connectivity index (χ3v) is 8.15. The van der Waals surface area contributed by atoms with Gasteiger partial charge in [-0.2, -0.15) is 5.10 Å². The lowest BCUT2D eigenvalue weighted by Gasteiger charge is -2.69. The second-order valence-corrected chi connectivity index (χ2v) is 10.6. The second kappa shape index (κ2) is 9.06. The number of allylic oxidation sites excluding steroid dienone is 3. The van der Waals surface area contributed by atoms with Crippen molar-refractivity contribution < 1.29 is 19.1 Å². The van der Waals surface area contributed by atoms with Gasteiger partial charge in [-0.3, -0.25) is 9.59 Å². The number of hydrogen-bond donors (Lipinski definition) is 2. The summed E-state index contributed by atoms with van der Waals surface area (Å²) in [6.45, 7) is 3.24. The molecule has 0 unspecified atom stereocenters. The summed E-state index contributed by atoms with van der Waals surface area (Å²) in [5, 5.41) is 11.3. The van der Waals surface area contributed by atoms with Crippen molar-refractivity contribution in [1.29, 1.82) is 0 Å². The fourth-order valence-corrected chi connectivity index (χ4v) is 6.34. The molecule has 5 aliphatic rings. The monoisotopic (exact) mass is 503 g/mol. The standard InChI is InChI=1S/C28H33N5O4/c1-36-23-9-8-19(14-24(23)37-2)22-7-5-3-4-6-20-15-21(31-33(20)22)25(34)30-28-16-27(17-28,18-28)26(35)32-12-10-29-11-13-32/h3,5,7-9,14-15,29H,4,6,10-13,16-18H2,1-2H3,(H,30,34)/b5-3-,22-7-. The Hall–Kier alpha value is -3.59. The Morgan fingerprint density at radius 1 is 1.05 bits per heavy atom. The maximum Gasteiger partial charge on any atom is 0.272 e. The molecule has 7 rings (SSSR count). The van der Waals surface area contributed by atoms with Gasteiger partial charge in [0.25, 0.3) is 5.91 Å². The summed E-state index contributed by atoms with van der Waals surface area (Å²) in [6.07, 6.45) is 9.96. The number of carbonyl (C=O) groups is 2. The number of ether oxygens (including phenoxy) is 2. The van der Waals surface area contributed by atoms with Crippen LogP contribution in [0.15, 0.2) is 42.5 Å². The van der Waals surface area contributed by atoms with Crippen LogP contribution >= 0.6 is 0 Å². The van der Waals surface area contributed by atoms with Gasteiger partial charge in [0.2, 0.25) is 5.91 Å². The number of piperazine rings is 1. The van der Waals surface area contributed by atoms with Crippen LogP contribution in [0.5, 0.6) is 11.5 Å². The molecular formula is C28H33N5O4. The first-order valence-corrected chi connectivity index (χ1v) is 13.0. The number of methoxy groups -OCH3 is 2. The molecule has 1 aromatic carbocycles. The summed E-state index contributed by atoms with van der Waals surface area (Å²) < 4.78 is 12.8. The molecule has 2 N–H and O–H groups in total. The molecule has 3 saturated carbocycles. The highest BCUT2D eigenvalue weighted by Gasteiger charge is 2.72. The van der Waals surface area contributed by atoms with E-state index in [0.717, 1.165) is 75.2 Å². The largest absolute Gasteiger partial charge is 0.493 e. The van der Waals surface area contributed by atoms with E-state index in [4.69, 9.17) is 14.6 Å². The molecule has 3 heterocycles. The SMILES string of the molecule is COc1ccc(/C2=C/C=C\CCc3cc(C(=O)NC45CC(C(=O)N6CCNCC6)(C4)C5)nn32)cc1OC. The molecule has 2 bridgehead atoms. The number of rotatable bonds is 6. The summed E-state index contributed by atoms with van der Waals surface area (Å²) in [5.41, 5.74) is 2.59. The van der Waals surface area contributed by atoms with E-state index in [2.05, 4.69) is 16.7 Å². The second-order valence-electron chi connectivity index (χ2n) is 10.6. The zero-order valence-corrected chi connectivity index (χ0v) is 21.4. The van der Waals surface area contributed by atoms with Gasteiger partial charge < -0.3 is 25.0 Å². The maximum absolute atomic E-state index is 13.3. The summed E-state index contributed by atoms with van der Waals surface area (Å²) in [6, 6.07) is 7.64. The number of hydrogen-bond acceptors (Lipinski definition) is 6. The topological polar surface area (TPSA) is 97.7 Å². The highest BCUT2D eigenvalue weighted by molar-refractivity contribution is 5.95. The number of aryl methyl sites for hydroxylation is 1. The van der Waals surface area contributed by atoms with Crippen molar-refractivity contribution >= 4 is 17.5 Å². The molecule has 2 aromatic rings. The van der Waals surface area contributed by atoms with Crippen LogP contribution in [0, 0.1) is 5.41 Å². The summed E-state index contributed by atoms with van der Waals surface area (Å²) in [4.78, 5) is 28.3. The van der Waals surface area contributed by atoms with Crippen molar-refractivity contribution in [2.24, 2.45) is 5.41 Å². The molecule has 0 atom stereocenters. The van der Waals surface area contributed by atoms with Crippen LogP contribution in [0.3, 0.4) is 0 Å². The molecule has 0 radical (unpaired) electrons. The van der Waals surface area contributed by atoms with Crippen LogP contribution < -0.4 is 20.1 Å². The van der Waals surface area contributed by atoms with E-state index in [-0.39, 0.29) is 22.8 Å². The molecule has 4 fully saturated rings. The number of fused-ring (bicyclic) bond motifs is 1. The fraction of sp³-hybridized carbons (Fsp3) is 0.464. The van der Waals surface area contributed by atoms with Crippen molar-refractivity contribution in [3.8, 4) is 11.5 Å². The van der Waals surface area contributed by atoms with E-state index < -0.39 is 0 Å². The smallest absolute Gasteiger partial charge is 0.272 e. The van der Waals surface area contributed by atoms with Crippen LogP contribution in [0.25, 0.3) is 5.70 Å². The molecular weight excluding hydrogens is 470 g/mol. The Kier molecular flexibility index (Phi) is 5.82. The van der Waals surface area contributed by atoms with Gasteiger partial charge in [0, 0.05) is 43.0 Å². The first-order chi connectivity index (χ1) is 18.0.